The van der Waals surface area contributed by atoms with Crippen molar-refractivity contribution in [2.75, 3.05) is 0 Å². The van der Waals surface area contributed by atoms with Gasteiger partial charge in [-0.3, -0.25) is 9.67 Å². The van der Waals surface area contributed by atoms with E-state index in [0.29, 0.717) is 6.54 Å². The predicted octanol–water partition coefficient (Wildman–Crippen LogP) is 2.36. The topological polar surface area (TPSA) is 56.7 Å². The van der Waals surface area contributed by atoms with Crippen LogP contribution in [0.5, 0.6) is 0 Å². The number of nitrogens with two attached hydrogens (primary N) is 1. The SMILES string of the molecule is CCC(N)Cc1c(C)nn(Cc2cncc(F)c2)c1C. The van der Waals surface area contributed by atoms with Crippen molar-refractivity contribution in [3.8, 4) is 0 Å². The summed E-state index contributed by atoms with van der Waals surface area (Å²) in [6, 6.07) is 1.64. The van der Waals surface area contributed by atoms with E-state index in [0.717, 1.165) is 29.8 Å². The van der Waals surface area contributed by atoms with E-state index in [-0.39, 0.29) is 11.9 Å². The molecule has 0 radical (unpaired) electrons. The smallest absolute Gasteiger partial charge is 0.141 e. The molecular formula is C15H21FN4. The molecule has 2 heterocycles. The number of aromatic nitrogens is 3. The van der Waals surface area contributed by atoms with Gasteiger partial charge in [0.05, 0.1) is 18.4 Å². The molecule has 0 amide bonds. The average molecular weight is 276 g/mol. The molecule has 0 aromatic carbocycles. The number of halogens is 1. The molecule has 0 spiro atoms. The van der Waals surface area contributed by atoms with Gasteiger partial charge in [0.25, 0.3) is 0 Å². The van der Waals surface area contributed by atoms with Gasteiger partial charge in [0.2, 0.25) is 0 Å². The van der Waals surface area contributed by atoms with Crippen molar-refractivity contribution < 1.29 is 4.39 Å². The molecule has 2 rings (SSSR count). The minimum absolute atomic E-state index is 0.154. The monoisotopic (exact) mass is 276 g/mol. The second kappa shape index (κ2) is 6.13. The lowest BCUT2D eigenvalue weighted by Gasteiger charge is -2.09. The summed E-state index contributed by atoms with van der Waals surface area (Å²) in [5.41, 5.74) is 10.1. The molecule has 2 N–H and O–H groups in total. The van der Waals surface area contributed by atoms with E-state index < -0.39 is 0 Å². The average Bonchev–Trinajstić information content (AvgIpc) is 2.66. The van der Waals surface area contributed by atoms with Crippen LogP contribution in [0.1, 0.15) is 35.9 Å². The first-order valence-corrected chi connectivity index (χ1v) is 6.89. The number of hydrogen-bond acceptors (Lipinski definition) is 3. The molecule has 2 aromatic rings. The van der Waals surface area contributed by atoms with Crippen molar-refractivity contribution in [3.05, 3.63) is 46.8 Å². The van der Waals surface area contributed by atoms with Crippen LogP contribution >= 0.6 is 0 Å². The van der Waals surface area contributed by atoms with Gasteiger partial charge in [-0.15, -0.1) is 0 Å². The van der Waals surface area contributed by atoms with Crippen molar-refractivity contribution in [1.29, 1.82) is 0 Å². The van der Waals surface area contributed by atoms with Crippen LogP contribution < -0.4 is 5.73 Å². The molecule has 4 nitrogen and oxygen atoms in total. The molecule has 0 saturated carbocycles. The maximum absolute atomic E-state index is 13.2. The lowest BCUT2D eigenvalue weighted by atomic mass is 10.0. The molecule has 0 aliphatic rings. The molecular weight excluding hydrogens is 255 g/mol. The molecule has 0 fully saturated rings. The molecule has 1 atom stereocenters. The second-order valence-electron chi connectivity index (χ2n) is 5.19. The van der Waals surface area contributed by atoms with E-state index >= 15 is 0 Å². The molecule has 108 valence electrons. The third-order valence-corrected chi connectivity index (χ3v) is 3.62. The first-order valence-electron chi connectivity index (χ1n) is 6.89. The minimum Gasteiger partial charge on any atom is -0.327 e. The summed E-state index contributed by atoms with van der Waals surface area (Å²) in [6.45, 7) is 6.63. The first kappa shape index (κ1) is 14.7. The number of hydrogen-bond donors (Lipinski definition) is 1. The summed E-state index contributed by atoms with van der Waals surface area (Å²) in [5, 5.41) is 4.53. The molecule has 0 bridgehead atoms. The first-order chi connectivity index (χ1) is 9.51. The van der Waals surface area contributed by atoms with Crippen molar-refractivity contribution in [1.82, 2.24) is 14.8 Å². The molecule has 2 aromatic heterocycles. The summed E-state index contributed by atoms with van der Waals surface area (Å²) in [7, 11) is 0. The van der Waals surface area contributed by atoms with Gasteiger partial charge in [0.1, 0.15) is 5.82 Å². The van der Waals surface area contributed by atoms with Gasteiger partial charge < -0.3 is 5.73 Å². The highest BCUT2D eigenvalue weighted by Crippen LogP contribution is 2.17. The van der Waals surface area contributed by atoms with Crippen LogP contribution in [0.3, 0.4) is 0 Å². The number of pyridine rings is 1. The van der Waals surface area contributed by atoms with Crippen LogP contribution in [-0.4, -0.2) is 20.8 Å². The highest BCUT2D eigenvalue weighted by atomic mass is 19.1. The Hall–Kier alpha value is -1.75. The molecule has 0 saturated heterocycles. The summed E-state index contributed by atoms with van der Waals surface area (Å²) < 4.78 is 15.1. The van der Waals surface area contributed by atoms with Gasteiger partial charge in [-0.25, -0.2) is 4.39 Å². The third kappa shape index (κ3) is 3.22. The lowest BCUT2D eigenvalue weighted by Crippen LogP contribution is -2.22. The number of nitrogens with zero attached hydrogens (tertiary/aromatic N) is 3. The Morgan fingerprint density at radius 2 is 2.10 bits per heavy atom. The Labute approximate surface area is 118 Å². The van der Waals surface area contributed by atoms with Gasteiger partial charge in [0, 0.05) is 17.9 Å². The zero-order valence-electron chi connectivity index (χ0n) is 12.2. The van der Waals surface area contributed by atoms with E-state index in [1.165, 1.54) is 17.8 Å². The fourth-order valence-electron chi connectivity index (χ4n) is 2.31. The highest BCUT2D eigenvalue weighted by Gasteiger charge is 2.14. The van der Waals surface area contributed by atoms with Crippen molar-refractivity contribution in [2.45, 2.75) is 46.2 Å². The Balaban J connectivity index is 2.23. The van der Waals surface area contributed by atoms with Gasteiger partial charge in [0.15, 0.2) is 0 Å². The quantitative estimate of drug-likeness (QED) is 0.912. The highest BCUT2D eigenvalue weighted by molar-refractivity contribution is 5.26. The normalized spacial score (nSPS) is 12.7. The Kier molecular flexibility index (Phi) is 4.49. The number of rotatable bonds is 5. The number of aryl methyl sites for hydroxylation is 1. The lowest BCUT2D eigenvalue weighted by molar-refractivity contribution is 0.607. The predicted molar refractivity (Wildman–Crippen MR) is 77.0 cm³/mol. The van der Waals surface area contributed by atoms with Crippen LogP contribution in [0.2, 0.25) is 0 Å². The zero-order valence-corrected chi connectivity index (χ0v) is 12.2. The van der Waals surface area contributed by atoms with Crippen LogP contribution in [0, 0.1) is 19.7 Å². The van der Waals surface area contributed by atoms with Crippen molar-refractivity contribution in [3.63, 3.8) is 0 Å². The summed E-state index contributed by atoms with van der Waals surface area (Å²) in [6.07, 6.45) is 4.64. The Morgan fingerprint density at radius 3 is 2.75 bits per heavy atom. The van der Waals surface area contributed by atoms with Crippen molar-refractivity contribution in [2.24, 2.45) is 5.73 Å². The fourth-order valence-corrected chi connectivity index (χ4v) is 2.31. The van der Waals surface area contributed by atoms with Gasteiger partial charge in [-0.2, -0.15) is 5.10 Å². The third-order valence-electron chi connectivity index (χ3n) is 3.62. The summed E-state index contributed by atoms with van der Waals surface area (Å²) in [5.74, 6) is -0.322. The van der Waals surface area contributed by atoms with E-state index in [9.17, 15) is 4.39 Å². The van der Waals surface area contributed by atoms with Crippen LogP contribution in [-0.2, 0) is 13.0 Å². The van der Waals surface area contributed by atoms with E-state index in [2.05, 4.69) is 17.0 Å². The Morgan fingerprint density at radius 1 is 1.35 bits per heavy atom. The van der Waals surface area contributed by atoms with E-state index in [1.54, 1.807) is 6.20 Å². The molecule has 1 unspecified atom stereocenters. The van der Waals surface area contributed by atoms with E-state index in [4.69, 9.17) is 5.73 Å². The van der Waals surface area contributed by atoms with Crippen LogP contribution in [0.25, 0.3) is 0 Å². The van der Waals surface area contributed by atoms with Crippen molar-refractivity contribution >= 4 is 0 Å². The minimum atomic E-state index is -0.322. The van der Waals surface area contributed by atoms with Gasteiger partial charge in [-0.1, -0.05) is 6.92 Å². The molecule has 0 aliphatic carbocycles. The van der Waals surface area contributed by atoms with E-state index in [1.807, 2.05) is 18.5 Å². The molecule has 20 heavy (non-hydrogen) atoms. The fraction of sp³-hybridized carbons (Fsp3) is 0.467. The van der Waals surface area contributed by atoms with Crippen LogP contribution in [0.4, 0.5) is 4.39 Å². The maximum atomic E-state index is 13.2. The standard InChI is InChI=1S/C15H21FN4/c1-4-14(17)6-15-10(2)19-20(11(15)3)9-12-5-13(16)8-18-7-12/h5,7-8,14H,4,6,9,17H2,1-3H3. The zero-order chi connectivity index (χ0) is 14.7. The van der Waals surface area contributed by atoms with Crippen LogP contribution in [0.15, 0.2) is 18.5 Å². The summed E-state index contributed by atoms with van der Waals surface area (Å²) >= 11 is 0. The Bertz CT molecular complexity index is 592. The second-order valence-corrected chi connectivity index (χ2v) is 5.19. The molecule has 5 heteroatoms. The van der Waals surface area contributed by atoms with Gasteiger partial charge in [-0.05, 0) is 43.9 Å². The maximum Gasteiger partial charge on any atom is 0.141 e. The largest absolute Gasteiger partial charge is 0.327 e. The van der Waals surface area contributed by atoms with Gasteiger partial charge >= 0.3 is 0 Å². The summed E-state index contributed by atoms with van der Waals surface area (Å²) in [4.78, 5) is 3.86. The molecule has 0 aliphatic heterocycles.